The van der Waals surface area contributed by atoms with Crippen molar-refractivity contribution < 1.29 is 9.90 Å². The number of nitrogens with one attached hydrogen (secondary N) is 1. The summed E-state index contributed by atoms with van der Waals surface area (Å²) in [6.45, 7) is 0.148. The van der Waals surface area contributed by atoms with Gasteiger partial charge in [-0.1, -0.05) is 24.3 Å². The van der Waals surface area contributed by atoms with E-state index >= 15 is 0 Å². The van der Waals surface area contributed by atoms with Gasteiger partial charge in [-0.2, -0.15) is 0 Å². The van der Waals surface area contributed by atoms with E-state index < -0.39 is 0 Å². The fourth-order valence-corrected chi connectivity index (χ4v) is 3.26. The van der Waals surface area contributed by atoms with Gasteiger partial charge in [0.15, 0.2) is 5.65 Å². The molecule has 4 rings (SSSR count). The smallest absolute Gasteiger partial charge is 0.251 e. The largest absolute Gasteiger partial charge is 0.395 e. The highest BCUT2D eigenvalue weighted by molar-refractivity contribution is 5.94. The number of fused-ring (bicyclic) bond motifs is 1. The van der Waals surface area contributed by atoms with Gasteiger partial charge in [0.1, 0.15) is 0 Å². The van der Waals surface area contributed by atoms with Crippen molar-refractivity contribution in [3.8, 4) is 22.5 Å². The number of hydrogen-bond donors (Lipinski definition) is 2. The van der Waals surface area contributed by atoms with Crippen LogP contribution in [0.25, 0.3) is 28.2 Å². The molecule has 30 heavy (non-hydrogen) atoms. The number of rotatable bonds is 6. The molecule has 0 bridgehead atoms. The highest BCUT2D eigenvalue weighted by Gasteiger charge is 2.11. The third-order valence-corrected chi connectivity index (χ3v) is 4.89. The fraction of sp³-hybridized carbons (Fsp3) is 0.174. The number of amides is 1. The number of aliphatic hydroxyl groups is 1. The lowest BCUT2D eigenvalue weighted by Crippen LogP contribution is -2.26. The van der Waals surface area contributed by atoms with Crippen LogP contribution in [0, 0.1) is 0 Å². The molecular formula is C23H23N5O2. The molecule has 2 aromatic heterocycles. The lowest BCUT2D eigenvalue weighted by atomic mass is 10.1. The predicted octanol–water partition coefficient (Wildman–Crippen LogP) is 2.85. The Morgan fingerprint density at radius 2 is 1.87 bits per heavy atom. The van der Waals surface area contributed by atoms with E-state index in [0.29, 0.717) is 5.56 Å². The Labute approximate surface area is 174 Å². The highest BCUT2D eigenvalue weighted by Crippen LogP contribution is 2.26. The monoisotopic (exact) mass is 401 g/mol. The van der Waals surface area contributed by atoms with Crippen LogP contribution in [0.4, 0.5) is 5.69 Å². The van der Waals surface area contributed by atoms with Crippen LogP contribution in [0.15, 0.2) is 67.1 Å². The Hall–Kier alpha value is -3.71. The van der Waals surface area contributed by atoms with Crippen LogP contribution in [0.1, 0.15) is 10.4 Å². The number of imidazole rings is 1. The maximum absolute atomic E-state index is 12.0. The van der Waals surface area contributed by atoms with E-state index in [4.69, 9.17) is 5.11 Å². The van der Waals surface area contributed by atoms with E-state index in [1.54, 1.807) is 18.3 Å². The van der Waals surface area contributed by atoms with Crippen LogP contribution in [0.3, 0.4) is 0 Å². The first-order valence-corrected chi connectivity index (χ1v) is 9.67. The van der Waals surface area contributed by atoms with E-state index in [9.17, 15) is 4.79 Å². The van der Waals surface area contributed by atoms with Crippen molar-refractivity contribution in [1.82, 2.24) is 19.7 Å². The van der Waals surface area contributed by atoms with Crippen LogP contribution >= 0.6 is 0 Å². The lowest BCUT2D eigenvalue weighted by Gasteiger charge is -2.13. The topological polar surface area (TPSA) is 82.8 Å². The maximum Gasteiger partial charge on any atom is 0.251 e. The van der Waals surface area contributed by atoms with Crippen molar-refractivity contribution in [3.63, 3.8) is 0 Å². The Kier molecular flexibility index (Phi) is 5.45. The van der Waals surface area contributed by atoms with Crippen molar-refractivity contribution in [3.05, 3.63) is 72.7 Å². The minimum atomic E-state index is -0.211. The molecule has 4 aromatic rings. The first-order chi connectivity index (χ1) is 14.6. The molecular weight excluding hydrogens is 378 g/mol. The highest BCUT2D eigenvalue weighted by atomic mass is 16.3. The number of carbonyl (C=O) groups is 1. The molecule has 152 valence electrons. The van der Waals surface area contributed by atoms with Crippen molar-refractivity contribution in [1.29, 1.82) is 0 Å². The van der Waals surface area contributed by atoms with Gasteiger partial charge < -0.3 is 15.3 Å². The summed E-state index contributed by atoms with van der Waals surface area (Å²) in [6.07, 6.45) is 5.56. The van der Waals surface area contributed by atoms with Gasteiger partial charge in [0, 0.05) is 49.2 Å². The fourth-order valence-electron chi connectivity index (χ4n) is 3.26. The SMILES string of the molecule is CN(C)c1cccc(-c2cnc3cnc(-c4ccc(C(=O)NCCO)cc4)cn23)c1. The van der Waals surface area contributed by atoms with Crippen LogP contribution in [-0.2, 0) is 0 Å². The Morgan fingerprint density at radius 1 is 1.07 bits per heavy atom. The number of hydrogen-bond acceptors (Lipinski definition) is 5. The average molecular weight is 401 g/mol. The summed E-state index contributed by atoms with van der Waals surface area (Å²) in [6, 6.07) is 15.5. The third-order valence-electron chi connectivity index (χ3n) is 4.89. The normalized spacial score (nSPS) is 10.9. The minimum absolute atomic E-state index is 0.0849. The zero-order valence-electron chi connectivity index (χ0n) is 16.9. The molecule has 0 atom stereocenters. The molecule has 0 fully saturated rings. The molecule has 7 nitrogen and oxygen atoms in total. The number of aliphatic hydroxyl groups excluding tert-OH is 1. The van der Waals surface area contributed by atoms with Gasteiger partial charge in [-0.15, -0.1) is 0 Å². The number of aromatic nitrogens is 3. The summed E-state index contributed by atoms with van der Waals surface area (Å²) < 4.78 is 2.03. The summed E-state index contributed by atoms with van der Waals surface area (Å²) in [5, 5.41) is 11.5. The molecule has 0 radical (unpaired) electrons. The second-order valence-corrected chi connectivity index (χ2v) is 7.15. The van der Waals surface area contributed by atoms with Gasteiger partial charge in [-0.25, -0.2) is 4.98 Å². The van der Waals surface area contributed by atoms with E-state index in [-0.39, 0.29) is 19.1 Å². The van der Waals surface area contributed by atoms with Crippen molar-refractivity contribution in [2.45, 2.75) is 0 Å². The van der Waals surface area contributed by atoms with Crippen molar-refractivity contribution in [2.75, 3.05) is 32.1 Å². The zero-order chi connectivity index (χ0) is 21.1. The summed E-state index contributed by atoms with van der Waals surface area (Å²) in [5.41, 5.74) is 6.16. The van der Waals surface area contributed by atoms with Crippen molar-refractivity contribution >= 4 is 17.2 Å². The Balaban J connectivity index is 1.68. The lowest BCUT2D eigenvalue weighted by molar-refractivity contribution is 0.0945. The summed E-state index contributed by atoms with van der Waals surface area (Å²) in [7, 11) is 4.03. The Morgan fingerprint density at radius 3 is 2.60 bits per heavy atom. The predicted molar refractivity (Wildman–Crippen MR) is 118 cm³/mol. The molecule has 7 heteroatoms. The zero-order valence-corrected chi connectivity index (χ0v) is 16.9. The van der Waals surface area contributed by atoms with Crippen LogP contribution < -0.4 is 10.2 Å². The molecule has 1 amide bonds. The van der Waals surface area contributed by atoms with Gasteiger partial charge >= 0.3 is 0 Å². The molecule has 0 spiro atoms. The molecule has 2 aromatic carbocycles. The van der Waals surface area contributed by atoms with Gasteiger partial charge in [-0.3, -0.25) is 14.2 Å². The molecule has 2 N–H and O–H groups in total. The van der Waals surface area contributed by atoms with Crippen LogP contribution in [-0.4, -0.2) is 52.6 Å². The van der Waals surface area contributed by atoms with Crippen LogP contribution in [0.2, 0.25) is 0 Å². The van der Waals surface area contributed by atoms with Gasteiger partial charge in [0.2, 0.25) is 0 Å². The molecule has 0 aliphatic carbocycles. The minimum Gasteiger partial charge on any atom is -0.395 e. The number of benzene rings is 2. The van der Waals surface area contributed by atoms with Gasteiger partial charge in [0.05, 0.1) is 30.4 Å². The van der Waals surface area contributed by atoms with Crippen molar-refractivity contribution in [2.24, 2.45) is 0 Å². The van der Waals surface area contributed by atoms with E-state index in [1.807, 2.05) is 49.1 Å². The first-order valence-electron chi connectivity index (χ1n) is 9.67. The number of carbonyl (C=O) groups excluding carboxylic acids is 1. The molecule has 0 saturated heterocycles. The molecule has 0 unspecified atom stereocenters. The molecule has 0 aliphatic rings. The quantitative estimate of drug-likeness (QED) is 0.519. The third kappa shape index (κ3) is 3.88. The van der Waals surface area contributed by atoms with Gasteiger partial charge in [0.25, 0.3) is 5.91 Å². The average Bonchev–Trinajstić information content (AvgIpc) is 3.21. The standard InChI is InChI=1S/C23H23N5O2/c1-27(2)19-5-3-4-18(12-19)21-13-26-22-14-25-20(15-28(21)22)16-6-8-17(9-7-16)23(30)24-10-11-29/h3-9,12-15,29H,10-11H2,1-2H3,(H,24,30). The Bertz CT molecular complexity index is 1180. The maximum atomic E-state index is 12.0. The number of nitrogens with zero attached hydrogens (tertiary/aromatic N) is 4. The second-order valence-electron chi connectivity index (χ2n) is 7.15. The summed E-state index contributed by atoms with van der Waals surface area (Å²) in [4.78, 5) is 23.1. The number of anilines is 1. The molecule has 2 heterocycles. The summed E-state index contributed by atoms with van der Waals surface area (Å²) >= 11 is 0. The second kappa shape index (κ2) is 8.34. The van der Waals surface area contributed by atoms with E-state index in [2.05, 4.69) is 38.4 Å². The molecule has 0 aliphatic heterocycles. The van der Waals surface area contributed by atoms with E-state index in [1.165, 1.54) is 0 Å². The first kappa shape index (κ1) is 19.6. The van der Waals surface area contributed by atoms with Crippen LogP contribution in [0.5, 0.6) is 0 Å². The van der Waals surface area contributed by atoms with Gasteiger partial charge in [-0.05, 0) is 24.3 Å². The molecule has 0 saturated carbocycles. The summed E-state index contributed by atoms with van der Waals surface area (Å²) in [5.74, 6) is -0.211. The van der Waals surface area contributed by atoms with E-state index in [0.717, 1.165) is 33.8 Å².